The molecule has 3 unspecified atom stereocenters. The van der Waals surface area contributed by atoms with Gasteiger partial charge >= 0.3 is 0 Å². The number of allylic oxidation sites excluding steroid dienone is 1. The van der Waals surface area contributed by atoms with Gasteiger partial charge in [0.05, 0.1) is 0 Å². The maximum Gasteiger partial charge on any atom is 0.0181 e. The Kier molecular flexibility index (Phi) is 2.17. The molecule has 11 heavy (non-hydrogen) atoms. The SMILES string of the molecule is C=C1C(C)C(C(C)C)C1C=N. The molecule has 0 spiro atoms. The molecule has 0 amide bonds. The molecular formula is C10H17N. The monoisotopic (exact) mass is 151 g/mol. The summed E-state index contributed by atoms with van der Waals surface area (Å²) >= 11 is 0. The van der Waals surface area contributed by atoms with E-state index >= 15 is 0 Å². The lowest BCUT2D eigenvalue weighted by atomic mass is 9.58. The van der Waals surface area contributed by atoms with Gasteiger partial charge in [0, 0.05) is 12.1 Å². The summed E-state index contributed by atoms with van der Waals surface area (Å²) in [5.74, 6) is 2.34. The molecule has 0 aromatic carbocycles. The minimum Gasteiger partial charge on any atom is -0.312 e. The highest BCUT2D eigenvalue weighted by molar-refractivity contribution is 5.65. The molecule has 1 rings (SSSR count). The average molecular weight is 151 g/mol. The van der Waals surface area contributed by atoms with Crippen LogP contribution in [0, 0.1) is 29.1 Å². The van der Waals surface area contributed by atoms with Gasteiger partial charge in [-0.25, -0.2) is 0 Å². The lowest BCUT2D eigenvalue weighted by molar-refractivity contribution is 0.178. The van der Waals surface area contributed by atoms with Crippen molar-refractivity contribution < 1.29 is 0 Å². The highest BCUT2D eigenvalue weighted by Crippen LogP contribution is 2.47. The van der Waals surface area contributed by atoms with Crippen LogP contribution in [-0.4, -0.2) is 6.21 Å². The summed E-state index contributed by atoms with van der Waals surface area (Å²) in [4.78, 5) is 0. The van der Waals surface area contributed by atoms with Crippen molar-refractivity contribution >= 4 is 6.21 Å². The third-order valence-corrected chi connectivity index (χ3v) is 2.95. The molecule has 0 bridgehead atoms. The van der Waals surface area contributed by atoms with Crippen LogP contribution < -0.4 is 0 Å². The van der Waals surface area contributed by atoms with E-state index in [-0.39, 0.29) is 0 Å². The van der Waals surface area contributed by atoms with Crippen LogP contribution in [-0.2, 0) is 0 Å². The van der Waals surface area contributed by atoms with Crippen molar-refractivity contribution in [3.8, 4) is 0 Å². The standard InChI is InChI=1S/C10H17N/c1-6(2)10-8(4)7(3)9(10)5-11/h5-6,8-11H,3H2,1-2,4H3. The van der Waals surface area contributed by atoms with Gasteiger partial charge in [0.15, 0.2) is 0 Å². The molecule has 0 aliphatic heterocycles. The van der Waals surface area contributed by atoms with Gasteiger partial charge in [0.1, 0.15) is 0 Å². The van der Waals surface area contributed by atoms with Crippen LogP contribution >= 0.6 is 0 Å². The zero-order valence-corrected chi connectivity index (χ0v) is 7.59. The van der Waals surface area contributed by atoms with Crippen LogP contribution in [0.2, 0.25) is 0 Å². The van der Waals surface area contributed by atoms with Crippen LogP contribution in [0.3, 0.4) is 0 Å². The van der Waals surface area contributed by atoms with Gasteiger partial charge in [-0.05, 0) is 17.8 Å². The first-order chi connectivity index (χ1) is 5.09. The van der Waals surface area contributed by atoms with Gasteiger partial charge in [-0.3, -0.25) is 0 Å². The first-order valence-corrected chi connectivity index (χ1v) is 4.28. The molecule has 0 saturated heterocycles. The summed E-state index contributed by atoms with van der Waals surface area (Å²) in [6.07, 6.45) is 1.55. The van der Waals surface area contributed by atoms with Gasteiger partial charge in [-0.1, -0.05) is 32.9 Å². The summed E-state index contributed by atoms with van der Waals surface area (Å²) in [7, 11) is 0. The molecule has 0 heterocycles. The Morgan fingerprint density at radius 2 is 2.09 bits per heavy atom. The van der Waals surface area contributed by atoms with E-state index in [4.69, 9.17) is 5.41 Å². The second-order valence-corrected chi connectivity index (χ2v) is 3.88. The van der Waals surface area contributed by atoms with Crippen molar-refractivity contribution in [3.63, 3.8) is 0 Å². The maximum atomic E-state index is 7.22. The molecule has 3 atom stereocenters. The van der Waals surface area contributed by atoms with E-state index in [1.54, 1.807) is 6.21 Å². The van der Waals surface area contributed by atoms with Crippen molar-refractivity contribution in [3.05, 3.63) is 12.2 Å². The zero-order valence-electron chi connectivity index (χ0n) is 7.59. The number of rotatable bonds is 2. The Balaban J connectivity index is 2.67. The molecule has 1 N–H and O–H groups in total. The third kappa shape index (κ3) is 1.13. The summed E-state index contributed by atoms with van der Waals surface area (Å²) < 4.78 is 0. The highest BCUT2D eigenvalue weighted by atomic mass is 14.5. The van der Waals surface area contributed by atoms with Crippen molar-refractivity contribution in [1.82, 2.24) is 0 Å². The Bertz CT molecular complexity index is 181. The molecule has 1 aliphatic carbocycles. The molecule has 0 aromatic heterocycles. The Hall–Kier alpha value is -0.590. The summed E-state index contributed by atoms with van der Waals surface area (Å²) in [6.45, 7) is 10.6. The van der Waals surface area contributed by atoms with Gasteiger partial charge in [0.2, 0.25) is 0 Å². The van der Waals surface area contributed by atoms with Gasteiger partial charge < -0.3 is 5.41 Å². The van der Waals surface area contributed by atoms with Crippen LogP contribution in [0.4, 0.5) is 0 Å². The van der Waals surface area contributed by atoms with E-state index < -0.39 is 0 Å². The summed E-state index contributed by atoms with van der Waals surface area (Å²) in [6, 6.07) is 0. The fraction of sp³-hybridized carbons (Fsp3) is 0.700. The van der Waals surface area contributed by atoms with E-state index in [9.17, 15) is 0 Å². The highest BCUT2D eigenvalue weighted by Gasteiger charge is 2.41. The van der Waals surface area contributed by atoms with Crippen LogP contribution in [0.25, 0.3) is 0 Å². The molecule has 0 aromatic rings. The van der Waals surface area contributed by atoms with E-state index in [2.05, 4.69) is 27.4 Å². The van der Waals surface area contributed by atoms with Crippen LogP contribution in [0.15, 0.2) is 12.2 Å². The van der Waals surface area contributed by atoms with Gasteiger partial charge in [0.25, 0.3) is 0 Å². The largest absolute Gasteiger partial charge is 0.312 e. The fourth-order valence-corrected chi connectivity index (χ4v) is 2.20. The molecule has 0 radical (unpaired) electrons. The molecule has 1 heteroatoms. The van der Waals surface area contributed by atoms with E-state index in [1.807, 2.05) is 0 Å². The smallest absolute Gasteiger partial charge is 0.0181 e. The number of hydrogen-bond acceptors (Lipinski definition) is 1. The Labute approximate surface area is 69.0 Å². The van der Waals surface area contributed by atoms with E-state index in [1.165, 1.54) is 5.57 Å². The van der Waals surface area contributed by atoms with E-state index in [0.717, 1.165) is 0 Å². The van der Waals surface area contributed by atoms with Crippen molar-refractivity contribution in [2.75, 3.05) is 0 Å². The Morgan fingerprint density at radius 3 is 2.36 bits per heavy atom. The minimum absolute atomic E-state index is 0.366. The normalized spacial score (nSPS) is 37.1. The summed E-state index contributed by atoms with van der Waals surface area (Å²) in [5.41, 5.74) is 1.25. The third-order valence-electron chi connectivity index (χ3n) is 2.95. The lowest BCUT2D eigenvalue weighted by Crippen LogP contribution is -2.41. The quantitative estimate of drug-likeness (QED) is 0.463. The first-order valence-electron chi connectivity index (χ1n) is 4.28. The van der Waals surface area contributed by atoms with Crippen LogP contribution in [0.5, 0.6) is 0 Å². The predicted octanol–water partition coefficient (Wildman–Crippen LogP) is 2.73. The molecule has 1 aliphatic rings. The molecular weight excluding hydrogens is 134 g/mol. The van der Waals surface area contributed by atoms with Crippen molar-refractivity contribution in [2.24, 2.45) is 23.7 Å². The van der Waals surface area contributed by atoms with E-state index in [0.29, 0.717) is 23.7 Å². The number of hydrogen-bond donors (Lipinski definition) is 1. The number of nitrogens with one attached hydrogen (secondary N) is 1. The lowest BCUT2D eigenvalue weighted by Gasteiger charge is -2.46. The summed E-state index contributed by atoms with van der Waals surface area (Å²) in [5, 5.41) is 7.22. The average Bonchev–Trinajstić information content (AvgIpc) is 1.96. The Morgan fingerprint density at radius 1 is 1.55 bits per heavy atom. The second-order valence-electron chi connectivity index (χ2n) is 3.88. The molecule has 1 saturated carbocycles. The predicted molar refractivity (Wildman–Crippen MR) is 48.9 cm³/mol. The zero-order chi connectivity index (χ0) is 8.59. The molecule has 62 valence electrons. The minimum atomic E-state index is 0.366. The topological polar surface area (TPSA) is 23.9 Å². The first kappa shape index (κ1) is 8.51. The fourth-order valence-electron chi connectivity index (χ4n) is 2.20. The maximum absolute atomic E-state index is 7.22. The molecule has 1 nitrogen and oxygen atoms in total. The second kappa shape index (κ2) is 2.80. The van der Waals surface area contributed by atoms with Crippen LogP contribution in [0.1, 0.15) is 20.8 Å². The van der Waals surface area contributed by atoms with Gasteiger partial charge in [-0.2, -0.15) is 0 Å². The molecule has 1 fully saturated rings. The van der Waals surface area contributed by atoms with Gasteiger partial charge in [-0.15, -0.1) is 0 Å². The van der Waals surface area contributed by atoms with Crippen molar-refractivity contribution in [1.29, 1.82) is 5.41 Å². The van der Waals surface area contributed by atoms with Crippen molar-refractivity contribution in [2.45, 2.75) is 20.8 Å².